The van der Waals surface area contributed by atoms with E-state index in [2.05, 4.69) is 10.3 Å². The Morgan fingerprint density at radius 3 is 2.95 bits per heavy atom. The standard InChI is InChI=1S/C16H15N3O2S/c1-3-14(20)18-10-6-7-12-13(9-10)22-15-11(5-4-8-17-15)16(21)19(12)2/h4-9H,3H2,1-2H3,(H,18,20). The van der Waals surface area contributed by atoms with E-state index in [1.165, 1.54) is 11.8 Å². The van der Waals surface area contributed by atoms with Crippen molar-refractivity contribution in [3.05, 3.63) is 42.1 Å². The van der Waals surface area contributed by atoms with Gasteiger partial charge >= 0.3 is 0 Å². The summed E-state index contributed by atoms with van der Waals surface area (Å²) in [5.74, 6) is -0.124. The second-order valence-corrected chi connectivity index (χ2v) is 5.94. The summed E-state index contributed by atoms with van der Waals surface area (Å²) in [4.78, 5) is 30.8. The molecule has 0 aliphatic carbocycles. The highest BCUT2D eigenvalue weighted by molar-refractivity contribution is 7.99. The van der Waals surface area contributed by atoms with Gasteiger partial charge in [0.1, 0.15) is 5.03 Å². The predicted molar refractivity (Wildman–Crippen MR) is 86.5 cm³/mol. The first-order valence-corrected chi connectivity index (χ1v) is 7.76. The molecule has 1 aromatic carbocycles. The van der Waals surface area contributed by atoms with Crippen molar-refractivity contribution >= 4 is 35.0 Å². The van der Waals surface area contributed by atoms with Gasteiger partial charge in [-0.1, -0.05) is 18.7 Å². The Morgan fingerprint density at radius 1 is 1.36 bits per heavy atom. The molecule has 0 unspecified atom stereocenters. The maximum Gasteiger partial charge on any atom is 0.260 e. The molecule has 0 spiro atoms. The van der Waals surface area contributed by atoms with Gasteiger partial charge in [-0.3, -0.25) is 9.59 Å². The molecule has 3 rings (SSSR count). The van der Waals surface area contributed by atoms with Crippen molar-refractivity contribution in [2.24, 2.45) is 0 Å². The van der Waals surface area contributed by atoms with E-state index in [9.17, 15) is 9.59 Å². The fourth-order valence-corrected chi connectivity index (χ4v) is 3.31. The van der Waals surface area contributed by atoms with Crippen LogP contribution in [-0.4, -0.2) is 23.8 Å². The van der Waals surface area contributed by atoms with Gasteiger partial charge in [-0.25, -0.2) is 4.98 Å². The average molecular weight is 313 g/mol. The number of carbonyl (C=O) groups excluding carboxylic acids is 2. The Labute approximate surface area is 132 Å². The number of nitrogens with one attached hydrogen (secondary N) is 1. The zero-order valence-corrected chi connectivity index (χ0v) is 13.1. The minimum Gasteiger partial charge on any atom is -0.326 e. The number of anilines is 2. The van der Waals surface area contributed by atoms with Crippen LogP contribution in [0.2, 0.25) is 0 Å². The van der Waals surface area contributed by atoms with E-state index in [4.69, 9.17) is 0 Å². The number of rotatable bonds is 2. The number of benzene rings is 1. The van der Waals surface area contributed by atoms with E-state index in [0.717, 1.165) is 16.3 Å². The van der Waals surface area contributed by atoms with E-state index in [1.54, 1.807) is 43.3 Å². The molecule has 0 radical (unpaired) electrons. The molecule has 1 N–H and O–H groups in total. The van der Waals surface area contributed by atoms with Gasteiger partial charge in [0.25, 0.3) is 5.91 Å². The molecule has 1 aliphatic heterocycles. The Hall–Kier alpha value is -2.34. The zero-order chi connectivity index (χ0) is 15.7. The lowest BCUT2D eigenvalue weighted by molar-refractivity contribution is -0.115. The molecule has 6 heteroatoms. The largest absolute Gasteiger partial charge is 0.326 e. The maximum atomic E-state index is 12.5. The van der Waals surface area contributed by atoms with Crippen molar-refractivity contribution in [2.45, 2.75) is 23.3 Å². The molecule has 2 aromatic rings. The third-order valence-corrected chi connectivity index (χ3v) is 4.50. The van der Waals surface area contributed by atoms with E-state index in [1.807, 2.05) is 12.1 Å². The summed E-state index contributed by atoms with van der Waals surface area (Å²) < 4.78 is 0. The Kier molecular flexibility index (Phi) is 3.85. The summed E-state index contributed by atoms with van der Waals surface area (Å²) in [6, 6.07) is 9.06. The van der Waals surface area contributed by atoms with Gasteiger partial charge < -0.3 is 10.2 Å². The Morgan fingerprint density at radius 2 is 2.18 bits per heavy atom. The molecule has 0 bridgehead atoms. The molecular weight excluding hydrogens is 298 g/mol. The maximum absolute atomic E-state index is 12.5. The fraction of sp³-hybridized carbons (Fsp3) is 0.188. The van der Waals surface area contributed by atoms with Gasteiger partial charge in [0, 0.05) is 30.2 Å². The summed E-state index contributed by atoms with van der Waals surface area (Å²) >= 11 is 1.43. The molecule has 5 nitrogen and oxygen atoms in total. The second kappa shape index (κ2) is 5.81. The van der Waals surface area contributed by atoms with Crippen molar-refractivity contribution in [2.75, 3.05) is 17.3 Å². The number of carbonyl (C=O) groups is 2. The fourth-order valence-electron chi connectivity index (χ4n) is 2.23. The van der Waals surface area contributed by atoms with Crippen LogP contribution < -0.4 is 10.2 Å². The van der Waals surface area contributed by atoms with E-state index in [-0.39, 0.29) is 11.8 Å². The van der Waals surface area contributed by atoms with E-state index in [0.29, 0.717) is 17.0 Å². The quantitative estimate of drug-likeness (QED) is 0.925. The van der Waals surface area contributed by atoms with Gasteiger partial charge in [-0.2, -0.15) is 0 Å². The molecule has 2 amide bonds. The highest BCUT2D eigenvalue weighted by atomic mass is 32.2. The molecule has 0 atom stereocenters. The monoisotopic (exact) mass is 313 g/mol. The molecule has 1 aliphatic rings. The molecule has 112 valence electrons. The first-order valence-electron chi connectivity index (χ1n) is 6.95. The topological polar surface area (TPSA) is 62.3 Å². The van der Waals surface area contributed by atoms with E-state index < -0.39 is 0 Å². The van der Waals surface area contributed by atoms with Crippen LogP contribution in [0.5, 0.6) is 0 Å². The second-order valence-electron chi connectivity index (χ2n) is 4.91. The minimum absolute atomic E-state index is 0.0403. The summed E-state index contributed by atoms with van der Waals surface area (Å²) in [7, 11) is 1.74. The smallest absolute Gasteiger partial charge is 0.260 e. The summed E-state index contributed by atoms with van der Waals surface area (Å²) in [6.07, 6.45) is 2.10. The number of nitrogens with zero attached hydrogens (tertiary/aromatic N) is 2. The molecule has 2 heterocycles. The first-order chi connectivity index (χ1) is 10.6. The van der Waals surface area contributed by atoms with Gasteiger partial charge in [0.2, 0.25) is 5.91 Å². The van der Waals surface area contributed by atoms with Crippen LogP contribution in [-0.2, 0) is 4.79 Å². The van der Waals surface area contributed by atoms with Crippen molar-refractivity contribution in [1.82, 2.24) is 4.98 Å². The van der Waals surface area contributed by atoms with Crippen molar-refractivity contribution in [3.8, 4) is 0 Å². The number of hydrogen-bond donors (Lipinski definition) is 1. The average Bonchev–Trinajstić information content (AvgIpc) is 2.63. The van der Waals surface area contributed by atoms with Crippen LogP contribution in [0.1, 0.15) is 23.7 Å². The lowest BCUT2D eigenvalue weighted by Gasteiger charge is -2.18. The van der Waals surface area contributed by atoms with E-state index >= 15 is 0 Å². The number of amides is 2. The van der Waals surface area contributed by atoms with Crippen LogP contribution in [0.25, 0.3) is 0 Å². The molecular formula is C16H15N3O2S. The highest BCUT2D eigenvalue weighted by Crippen LogP contribution is 2.40. The molecule has 0 saturated carbocycles. The molecule has 1 aromatic heterocycles. The summed E-state index contributed by atoms with van der Waals surface area (Å²) in [6.45, 7) is 1.81. The summed E-state index contributed by atoms with van der Waals surface area (Å²) in [5.41, 5.74) is 2.12. The van der Waals surface area contributed by atoms with Crippen LogP contribution in [0, 0.1) is 0 Å². The number of pyridine rings is 1. The Bertz CT molecular complexity index is 761. The minimum atomic E-state index is -0.0836. The lowest BCUT2D eigenvalue weighted by Crippen LogP contribution is -2.26. The molecule has 22 heavy (non-hydrogen) atoms. The first kappa shape index (κ1) is 14.6. The lowest BCUT2D eigenvalue weighted by atomic mass is 10.2. The summed E-state index contributed by atoms with van der Waals surface area (Å²) in [5, 5.41) is 3.51. The Balaban J connectivity index is 2.05. The normalized spacial score (nSPS) is 13.2. The van der Waals surface area contributed by atoms with Crippen LogP contribution in [0.4, 0.5) is 11.4 Å². The zero-order valence-electron chi connectivity index (χ0n) is 12.3. The van der Waals surface area contributed by atoms with Crippen LogP contribution in [0.15, 0.2) is 46.5 Å². The van der Waals surface area contributed by atoms with Crippen LogP contribution >= 0.6 is 11.8 Å². The van der Waals surface area contributed by atoms with Gasteiger partial charge in [0.15, 0.2) is 0 Å². The van der Waals surface area contributed by atoms with Gasteiger partial charge in [-0.05, 0) is 30.3 Å². The molecule has 0 fully saturated rings. The van der Waals surface area contributed by atoms with Gasteiger partial charge in [-0.15, -0.1) is 0 Å². The van der Waals surface area contributed by atoms with Crippen LogP contribution in [0.3, 0.4) is 0 Å². The third-order valence-electron chi connectivity index (χ3n) is 3.44. The number of hydrogen-bond acceptors (Lipinski definition) is 4. The van der Waals surface area contributed by atoms with Crippen molar-refractivity contribution < 1.29 is 9.59 Å². The van der Waals surface area contributed by atoms with Gasteiger partial charge in [0.05, 0.1) is 11.3 Å². The molecule has 0 saturated heterocycles. The van der Waals surface area contributed by atoms with Crippen molar-refractivity contribution in [1.29, 1.82) is 0 Å². The SMILES string of the molecule is CCC(=O)Nc1ccc2c(c1)Sc1ncccc1C(=O)N2C. The number of aromatic nitrogens is 1. The highest BCUT2D eigenvalue weighted by Gasteiger charge is 2.25. The third kappa shape index (κ3) is 2.57. The number of fused-ring (bicyclic) bond motifs is 2. The van der Waals surface area contributed by atoms with Crippen molar-refractivity contribution in [3.63, 3.8) is 0 Å². The predicted octanol–water partition coefficient (Wildman–Crippen LogP) is 3.17.